The topological polar surface area (TPSA) is 42.2 Å². The minimum atomic E-state index is -4.53. The van der Waals surface area contributed by atoms with Crippen LogP contribution in [-0.2, 0) is 13.2 Å². The Labute approximate surface area is 106 Å². The highest BCUT2D eigenvalue weighted by molar-refractivity contribution is 5.96. The van der Waals surface area contributed by atoms with E-state index in [9.17, 15) is 18.0 Å². The van der Waals surface area contributed by atoms with Crippen LogP contribution in [0.4, 0.5) is 13.2 Å². The number of carboxylic acid groups (broad SMARTS) is 1. The van der Waals surface area contributed by atoms with Crippen LogP contribution < -0.4 is 0 Å². The summed E-state index contributed by atoms with van der Waals surface area (Å²) in [5.41, 5.74) is -1.07. The van der Waals surface area contributed by atoms with Crippen molar-refractivity contribution in [2.24, 2.45) is 7.05 Å². The van der Waals surface area contributed by atoms with Gasteiger partial charge in [0.05, 0.1) is 11.1 Å². The van der Waals surface area contributed by atoms with E-state index in [-0.39, 0.29) is 16.7 Å². The molecular formula is C13H10F3NO2. The number of aryl methyl sites for hydroxylation is 1. The third-order valence-corrected chi connectivity index (χ3v) is 2.71. The lowest BCUT2D eigenvalue weighted by Crippen LogP contribution is -2.07. The third kappa shape index (κ3) is 2.47. The molecule has 2 rings (SSSR count). The van der Waals surface area contributed by atoms with E-state index in [4.69, 9.17) is 5.11 Å². The molecule has 0 fully saturated rings. The first-order chi connectivity index (χ1) is 8.80. The van der Waals surface area contributed by atoms with Gasteiger partial charge in [0.1, 0.15) is 0 Å². The van der Waals surface area contributed by atoms with Crippen LogP contribution in [0.25, 0.3) is 11.1 Å². The van der Waals surface area contributed by atoms with Crippen molar-refractivity contribution in [1.82, 2.24) is 4.57 Å². The highest BCUT2D eigenvalue weighted by atomic mass is 19.4. The molecule has 1 aromatic heterocycles. The van der Waals surface area contributed by atoms with Gasteiger partial charge in [-0.2, -0.15) is 13.2 Å². The number of hydrogen-bond acceptors (Lipinski definition) is 1. The second-order valence-electron chi connectivity index (χ2n) is 4.10. The van der Waals surface area contributed by atoms with Crippen molar-refractivity contribution in [3.63, 3.8) is 0 Å². The van der Waals surface area contributed by atoms with Crippen molar-refractivity contribution in [2.75, 3.05) is 0 Å². The molecule has 0 unspecified atom stereocenters. The van der Waals surface area contributed by atoms with Gasteiger partial charge < -0.3 is 9.67 Å². The predicted octanol–water partition coefficient (Wildman–Crippen LogP) is 3.41. The second-order valence-corrected chi connectivity index (χ2v) is 4.10. The molecule has 0 aliphatic rings. The molecular weight excluding hydrogens is 259 g/mol. The molecule has 1 N–H and O–H groups in total. The minimum absolute atomic E-state index is 0.0583. The summed E-state index contributed by atoms with van der Waals surface area (Å²) in [6.45, 7) is 0. The molecule has 100 valence electrons. The maximum atomic E-state index is 12.9. The van der Waals surface area contributed by atoms with Crippen molar-refractivity contribution in [3.05, 3.63) is 47.8 Å². The smallest absolute Gasteiger partial charge is 0.417 e. The second kappa shape index (κ2) is 4.46. The van der Waals surface area contributed by atoms with Gasteiger partial charge >= 0.3 is 12.1 Å². The standard InChI is InChI=1S/C13H10F3NO2/c1-17-6-9(10(7-17)12(18)19)8-4-2-3-5-11(8)13(14,15)16/h2-7H,1H3,(H,18,19). The Bertz CT molecular complexity index is 629. The van der Waals surface area contributed by atoms with Gasteiger partial charge in [-0.15, -0.1) is 0 Å². The summed E-state index contributed by atoms with van der Waals surface area (Å²) in [6.07, 6.45) is -1.87. The fraction of sp³-hybridized carbons (Fsp3) is 0.154. The van der Waals surface area contributed by atoms with E-state index in [0.717, 1.165) is 6.07 Å². The molecule has 0 saturated carbocycles. The van der Waals surface area contributed by atoms with Gasteiger partial charge in [0.25, 0.3) is 0 Å². The van der Waals surface area contributed by atoms with E-state index in [1.165, 1.54) is 35.2 Å². The molecule has 0 radical (unpaired) electrons. The monoisotopic (exact) mass is 269 g/mol. The number of aromatic carboxylic acids is 1. The number of halogens is 3. The summed E-state index contributed by atoms with van der Waals surface area (Å²) >= 11 is 0. The van der Waals surface area contributed by atoms with Crippen molar-refractivity contribution >= 4 is 5.97 Å². The predicted molar refractivity (Wildman–Crippen MR) is 62.8 cm³/mol. The summed E-state index contributed by atoms with van der Waals surface area (Å²) in [5, 5.41) is 9.04. The van der Waals surface area contributed by atoms with Gasteiger partial charge in [-0.05, 0) is 11.6 Å². The molecule has 1 aromatic carbocycles. The lowest BCUT2D eigenvalue weighted by Gasteiger charge is -2.12. The van der Waals surface area contributed by atoms with Gasteiger partial charge in [-0.25, -0.2) is 4.79 Å². The van der Waals surface area contributed by atoms with Crippen LogP contribution in [0.1, 0.15) is 15.9 Å². The average Bonchev–Trinajstić information content (AvgIpc) is 2.70. The SMILES string of the molecule is Cn1cc(C(=O)O)c(-c2ccccc2C(F)(F)F)c1. The van der Waals surface area contributed by atoms with Crippen LogP contribution in [0.15, 0.2) is 36.7 Å². The molecule has 6 heteroatoms. The van der Waals surface area contributed by atoms with Gasteiger partial charge in [0, 0.05) is 25.0 Å². The van der Waals surface area contributed by atoms with Crippen LogP contribution in [0.5, 0.6) is 0 Å². The molecule has 0 amide bonds. The van der Waals surface area contributed by atoms with Crippen molar-refractivity contribution < 1.29 is 23.1 Å². The summed E-state index contributed by atoms with van der Waals surface area (Å²) < 4.78 is 40.2. The molecule has 0 atom stereocenters. The van der Waals surface area contributed by atoms with E-state index < -0.39 is 17.7 Å². The van der Waals surface area contributed by atoms with Crippen LogP contribution in [0.2, 0.25) is 0 Å². The highest BCUT2D eigenvalue weighted by Crippen LogP contribution is 2.38. The van der Waals surface area contributed by atoms with Crippen molar-refractivity contribution in [1.29, 1.82) is 0 Å². The number of alkyl halides is 3. The lowest BCUT2D eigenvalue weighted by molar-refractivity contribution is -0.137. The van der Waals surface area contributed by atoms with Crippen LogP contribution in [0, 0.1) is 0 Å². The zero-order valence-corrected chi connectivity index (χ0v) is 9.90. The van der Waals surface area contributed by atoms with E-state index >= 15 is 0 Å². The van der Waals surface area contributed by atoms with E-state index in [0.29, 0.717) is 0 Å². The Morgan fingerprint density at radius 1 is 1.16 bits per heavy atom. The van der Waals surface area contributed by atoms with E-state index in [1.54, 1.807) is 7.05 Å². The maximum absolute atomic E-state index is 12.9. The zero-order valence-electron chi connectivity index (χ0n) is 9.90. The third-order valence-electron chi connectivity index (χ3n) is 2.71. The van der Waals surface area contributed by atoms with E-state index in [2.05, 4.69) is 0 Å². The van der Waals surface area contributed by atoms with Crippen molar-refractivity contribution in [2.45, 2.75) is 6.18 Å². The number of carboxylic acids is 1. The Balaban J connectivity index is 2.70. The minimum Gasteiger partial charge on any atom is -0.478 e. The lowest BCUT2D eigenvalue weighted by atomic mass is 9.98. The molecule has 0 aliphatic heterocycles. The Morgan fingerprint density at radius 2 is 1.79 bits per heavy atom. The number of hydrogen-bond donors (Lipinski definition) is 1. The normalized spacial score (nSPS) is 11.6. The molecule has 3 nitrogen and oxygen atoms in total. The molecule has 1 heterocycles. The summed E-state index contributed by atoms with van der Waals surface area (Å²) in [5.74, 6) is -1.26. The number of nitrogens with zero attached hydrogens (tertiary/aromatic N) is 1. The quantitative estimate of drug-likeness (QED) is 0.907. The van der Waals surface area contributed by atoms with Crippen LogP contribution in [0.3, 0.4) is 0 Å². The van der Waals surface area contributed by atoms with Gasteiger partial charge in [0.15, 0.2) is 0 Å². The maximum Gasteiger partial charge on any atom is 0.417 e. The number of benzene rings is 1. The van der Waals surface area contributed by atoms with Crippen LogP contribution >= 0.6 is 0 Å². The fourth-order valence-corrected chi connectivity index (χ4v) is 1.93. The van der Waals surface area contributed by atoms with Gasteiger partial charge in [-0.3, -0.25) is 0 Å². The first-order valence-corrected chi connectivity index (χ1v) is 5.36. The summed E-state index contributed by atoms with van der Waals surface area (Å²) in [6, 6.07) is 4.93. The average molecular weight is 269 g/mol. The Hall–Kier alpha value is -2.24. The Kier molecular flexibility index (Phi) is 3.09. The van der Waals surface area contributed by atoms with Crippen LogP contribution in [-0.4, -0.2) is 15.6 Å². The first-order valence-electron chi connectivity index (χ1n) is 5.36. The number of aromatic nitrogens is 1. The first kappa shape index (κ1) is 13.2. The fourth-order valence-electron chi connectivity index (χ4n) is 1.93. The molecule has 19 heavy (non-hydrogen) atoms. The van der Waals surface area contributed by atoms with Gasteiger partial charge in [-0.1, -0.05) is 18.2 Å². The molecule has 2 aromatic rings. The van der Waals surface area contributed by atoms with Crippen molar-refractivity contribution in [3.8, 4) is 11.1 Å². The molecule has 0 saturated heterocycles. The number of carbonyl (C=O) groups is 1. The molecule has 0 spiro atoms. The zero-order chi connectivity index (χ0) is 14.2. The summed E-state index contributed by atoms with van der Waals surface area (Å²) in [7, 11) is 1.56. The van der Waals surface area contributed by atoms with E-state index in [1.807, 2.05) is 0 Å². The molecule has 0 bridgehead atoms. The number of rotatable bonds is 2. The van der Waals surface area contributed by atoms with Gasteiger partial charge in [0.2, 0.25) is 0 Å². The Morgan fingerprint density at radius 3 is 2.37 bits per heavy atom. The molecule has 0 aliphatic carbocycles. The largest absolute Gasteiger partial charge is 0.478 e. The highest BCUT2D eigenvalue weighted by Gasteiger charge is 2.34. The summed E-state index contributed by atoms with van der Waals surface area (Å²) in [4.78, 5) is 11.1.